The highest BCUT2D eigenvalue weighted by Gasteiger charge is 2.29. The van der Waals surface area contributed by atoms with Gasteiger partial charge in [-0.15, -0.1) is 0 Å². The van der Waals surface area contributed by atoms with E-state index in [1.807, 2.05) is 31.2 Å². The third kappa shape index (κ3) is 5.22. The molecule has 1 atom stereocenters. The summed E-state index contributed by atoms with van der Waals surface area (Å²) in [5.74, 6) is 1.43. The molecular formula is C27H31N3O2. The lowest BCUT2D eigenvalue weighted by Crippen LogP contribution is -2.30. The number of aryl methyl sites for hydroxylation is 1. The number of ketones is 1. The summed E-state index contributed by atoms with van der Waals surface area (Å²) >= 11 is 0. The molecule has 2 aromatic carbocycles. The highest BCUT2D eigenvalue weighted by atomic mass is 16.5. The van der Waals surface area contributed by atoms with E-state index in [1.165, 1.54) is 18.4 Å². The molecule has 1 saturated carbocycles. The van der Waals surface area contributed by atoms with Gasteiger partial charge >= 0.3 is 0 Å². The standard InChI is InChI=1S/C27H31N3O2/c1-19-8-7-11-23(18-19)26(31)27-28-24(32-29-27)17-14-20-12-15-22(16-13-20)25(30(2)3)21-9-5-4-6-10-21/h4-11,14,17-18,20,22,25H,12-13,15-16H2,1-3H3. The zero-order valence-corrected chi connectivity index (χ0v) is 19.1. The first-order valence-electron chi connectivity index (χ1n) is 11.4. The number of benzene rings is 2. The van der Waals surface area contributed by atoms with Crippen LogP contribution in [-0.2, 0) is 0 Å². The lowest BCUT2D eigenvalue weighted by molar-refractivity contribution is 0.102. The predicted octanol–water partition coefficient (Wildman–Crippen LogP) is 5.73. The molecule has 0 saturated heterocycles. The maximum atomic E-state index is 12.6. The van der Waals surface area contributed by atoms with Crippen molar-refractivity contribution < 1.29 is 9.32 Å². The molecule has 32 heavy (non-hydrogen) atoms. The first kappa shape index (κ1) is 22.2. The molecule has 5 nitrogen and oxygen atoms in total. The zero-order valence-electron chi connectivity index (χ0n) is 19.1. The number of carbonyl (C=O) groups excluding carboxylic acids is 1. The molecule has 1 heterocycles. The van der Waals surface area contributed by atoms with Gasteiger partial charge in [-0.05, 0) is 76.2 Å². The maximum absolute atomic E-state index is 12.6. The Labute approximate surface area is 190 Å². The quantitative estimate of drug-likeness (QED) is 0.449. The molecular weight excluding hydrogens is 398 g/mol. The molecule has 0 N–H and O–H groups in total. The fraction of sp³-hybridized carbons (Fsp3) is 0.370. The minimum absolute atomic E-state index is 0.107. The van der Waals surface area contributed by atoms with Gasteiger partial charge in [-0.2, -0.15) is 4.98 Å². The van der Waals surface area contributed by atoms with Crippen LogP contribution >= 0.6 is 0 Å². The Bertz CT molecular complexity index is 1060. The first-order chi connectivity index (χ1) is 15.5. The van der Waals surface area contributed by atoms with Crippen molar-refractivity contribution in [1.29, 1.82) is 0 Å². The molecule has 1 aliphatic carbocycles. The van der Waals surface area contributed by atoms with Crippen LogP contribution in [-0.4, -0.2) is 34.9 Å². The Hall–Kier alpha value is -3.05. The van der Waals surface area contributed by atoms with Crippen LogP contribution in [0.5, 0.6) is 0 Å². The Balaban J connectivity index is 1.35. The Morgan fingerprint density at radius 1 is 1.06 bits per heavy atom. The van der Waals surface area contributed by atoms with Gasteiger partial charge in [0.2, 0.25) is 11.6 Å². The van der Waals surface area contributed by atoms with Gasteiger partial charge in [0.1, 0.15) is 0 Å². The summed E-state index contributed by atoms with van der Waals surface area (Å²) in [4.78, 5) is 19.2. The predicted molar refractivity (Wildman–Crippen MR) is 126 cm³/mol. The van der Waals surface area contributed by atoms with Gasteiger partial charge in [-0.1, -0.05) is 65.3 Å². The van der Waals surface area contributed by atoms with Crippen molar-refractivity contribution in [3.63, 3.8) is 0 Å². The number of nitrogens with zero attached hydrogens (tertiary/aromatic N) is 3. The third-order valence-electron chi connectivity index (χ3n) is 6.40. The van der Waals surface area contributed by atoms with Crippen molar-refractivity contribution >= 4 is 11.9 Å². The molecule has 5 heteroatoms. The van der Waals surface area contributed by atoms with E-state index in [9.17, 15) is 4.79 Å². The monoisotopic (exact) mass is 429 g/mol. The Morgan fingerprint density at radius 3 is 2.50 bits per heavy atom. The van der Waals surface area contributed by atoms with Crippen molar-refractivity contribution in [2.45, 2.75) is 38.6 Å². The summed E-state index contributed by atoms with van der Waals surface area (Å²) < 4.78 is 5.30. The largest absolute Gasteiger partial charge is 0.334 e. The number of allylic oxidation sites excluding steroid dienone is 1. The molecule has 0 amide bonds. The lowest BCUT2D eigenvalue weighted by atomic mass is 9.76. The van der Waals surface area contributed by atoms with Gasteiger partial charge in [0, 0.05) is 11.6 Å². The molecule has 1 unspecified atom stereocenters. The highest BCUT2D eigenvalue weighted by Crippen LogP contribution is 2.39. The van der Waals surface area contributed by atoms with Crippen LogP contribution in [0.2, 0.25) is 0 Å². The second-order valence-electron chi connectivity index (χ2n) is 9.01. The highest BCUT2D eigenvalue weighted by molar-refractivity contribution is 6.06. The number of aromatic nitrogens is 2. The van der Waals surface area contributed by atoms with E-state index < -0.39 is 0 Å². The minimum Gasteiger partial charge on any atom is -0.334 e. The summed E-state index contributed by atoms with van der Waals surface area (Å²) in [6.45, 7) is 1.95. The molecule has 1 fully saturated rings. The van der Waals surface area contributed by atoms with Crippen molar-refractivity contribution in [2.24, 2.45) is 11.8 Å². The van der Waals surface area contributed by atoms with Crippen LogP contribution in [0.4, 0.5) is 0 Å². The molecule has 0 radical (unpaired) electrons. The van der Waals surface area contributed by atoms with Crippen LogP contribution in [0.1, 0.15) is 64.9 Å². The van der Waals surface area contributed by atoms with Gasteiger partial charge in [-0.3, -0.25) is 4.79 Å². The van der Waals surface area contributed by atoms with Crippen molar-refractivity contribution in [3.05, 3.63) is 89.1 Å². The third-order valence-corrected chi connectivity index (χ3v) is 6.40. The summed E-state index contributed by atoms with van der Waals surface area (Å²) in [6, 6.07) is 18.7. The van der Waals surface area contributed by atoms with E-state index in [4.69, 9.17) is 4.52 Å². The summed E-state index contributed by atoms with van der Waals surface area (Å²) in [5, 5.41) is 3.88. The molecule has 1 aromatic heterocycles. The van der Waals surface area contributed by atoms with Crippen molar-refractivity contribution in [1.82, 2.24) is 15.0 Å². The van der Waals surface area contributed by atoms with Crippen LogP contribution in [0.25, 0.3) is 6.08 Å². The van der Waals surface area contributed by atoms with Gasteiger partial charge in [0.05, 0.1) is 0 Å². The smallest absolute Gasteiger partial charge is 0.250 e. The van der Waals surface area contributed by atoms with Crippen LogP contribution in [0, 0.1) is 18.8 Å². The molecule has 0 bridgehead atoms. The molecule has 4 rings (SSSR count). The minimum atomic E-state index is -0.215. The number of rotatable bonds is 7. The van der Waals surface area contributed by atoms with E-state index in [0.29, 0.717) is 29.3 Å². The summed E-state index contributed by atoms with van der Waals surface area (Å²) in [7, 11) is 4.35. The topological polar surface area (TPSA) is 59.2 Å². The van der Waals surface area contributed by atoms with Crippen molar-refractivity contribution in [3.8, 4) is 0 Å². The average molecular weight is 430 g/mol. The number of hydrogen-bond donors (Lipinski definition) is 0. The Kier molecular flexibility index (Phi) is 6.96. The second-order valence-corrected chi connectivity index (χ2v) is 9.01. The normalized spacial score (nSPS) is 20.0. The zero-order chi connectivity index (χ0) is 22.5. The number of hydrogen-bond acceptors (Lipinski definition) is 5. The Morgan fingerprint density at radius 2 is 1.81 bits per heavy atom. The first-order valence-corrected chi connectivity index (χ1v) is 11.4. The summed E-state index contributed by atoms with van der Waals surface area (Å²) in [5.41, 5.74) is 3.00. The van der Waals surface area contributed by atoms with E-state index in [-0.39, 0.29) is 11.6 Å². The SMILES string of the molecule is Cc1cccc(C(=O)c2noc(C=CC3CCC(C(c4ccccc4)N(C)C)CC3)n2)c1. The van der Waals surface area contributed by atoms with Gasteiger partial charge in [0.15, 0.2) is 0 Å². The fourth-order valence-electron chi connectivity index (χ4n) is 4.82. The number of carbonyl (C=O) groups is 1. The summed E-state index contributed by atoms with van der Waals surface area (Å²) in [6.07, 6.45) is 8.69. The second kappa shape index (κ2) is 10.0. The molecule has 0 aliphatic heterocycles. The molecule has 3 aromatic rings. The maximum Gasteiger partial charge on any atom is 0.250 e. The lowest BCUT2D eigenvalue weighted by Gasteiger charge is -2.37. The molecule has 166 valence electrons. The average Bonchev–Trinajstić information content (AvgIpc) is 3.28. The van der Waals surface area contributed by atoms with Gasteiger partial charge < -0.3 is 9.42 Å². The fourth-order valence-corrected chi connectivity index (χ4v) is 4.82. The van der Waals surface area contributed by atoms with Crippen LogP contribution in [0.3, 0.4) is 0 Å². The molecule has 0 spiro atoms. The van der Waals surface area contributed by atoms with Crippen LogP contribution in [0.15, 0.2) is 65.2 Å². The van der Waals surface area contributed by atoms with Crippen LogP contribution < -0.4 is 0 Å². The van der Waals surface area contributed by atoms with E-state index in [2.05, 4.69) is 65.5 Å². The van der Waals surface area contributed by atoms with Gasteiger partial charge in [0.25, 0.3) is 5.89 Å². The molecule has 1 aliphatic rings. The van der Waals surface area contributed by atoms with E-state index in [0.717, 1.165) is 18.4 Å². The van der Waals surface area contributed by atoms with Crippen molar-refractivity contribution in [2.75, 3.05) is 14.1 Å². The van der Waals surface area contributed by atoms with E-state index in [1.54, 1.807) is 6.07 Å². The van der Waals surface area contributed by atoms with Gasteiger partial charge in [-0.25, -0.2) is 0 Å². The van der Waals surface area contributed by atoms with E-state index >= 15 is 0 Å².